The van der Waals surface area contributed by atoms with Crippen LogP contribution in [0.3, 0.4) is 0 Å². The van der Waals surface area contributed by atoms with Crippen LogP contribution in [0.15, 0.2) is 0 Å². The molecule has 1 aliphatic carbocycles. The Morgan fingerprint density at radius 1 is 1.32 bits per heavy atom. The number of carbonyl (C=O) groups excluding carboxylic acids is 1. The van der Waals surface area contributed by atoms with Crippen molar-refractivity contribution in [2.75, 3.05) is 26.2 Å². The predicted molar refractivity (Wildman–Crippen MR) is 78.0 cm³/mol. The average molecular weight is 267 g/mol. The molecular formula is C15H29N3O. The summed E-state index contributed by atoms with van der Waals surface area (Å²) in [6.45, 7) is 10.3. The standard InChI is InChI=1S/C15H29N3O/c1-4-17-15(19)14-10-16-7-8-18(14)13-6-5-11(2)12(3)9-13/h11-14,16H,4-10H2,1-3H3,(H,17,19). The number of nitrogens with one attached hydrogen (secondary N) is 2. The minimum Gasteiger partial charge on any atom is -0.355 e. The summed E-state index contributed by atoms with van der Waals surface area (Å²) in [5, 5.41) is 6.34. The molecule has 0 aromatic heterocycles. The molecule has 1 saturated heterocycles. The van der Waals surface area contributed by atoms with E-state index in [1.807, 2.05) is 6.92 Å². The summed E-state index contributed by atoms with van der Waals surface area (Å²) in [6, 6.07) is 0.625. The first kappa shape index (κ1) is 14.8. The zero-order valence-corrected chi connectivity index (χ0v) is 12.6. The van der Waals surface area contributed by atoms with Crippen LogP contribution in [0, 0.1) is 11.8 Å². The van der Waals surface area contributed by atoms with Crippen molar-refractivity contribution in [3.8, 4) is 0 Å². The molecule has 1 saturated carbocycles. The maximum absolute atomic E-state index is 12.2. The van der Waals surface area contributed by atoms with Gasteiger partial charge < -0.3 is 10.6 Å². The molecule has 2 rings (SSSR count). The van der Waals surface area contributed by atoms with E-state index in [0.29, 0.717) is 6.04 Å². The SMILES string of the molecule is CCNC(=O)C1CNCCN1C1CCC(C)C(C)C1. The highest BCUT2D eigenvalue weighted by Crippen LogP contribution is 2.33. The first-order valence-corrected chi connectivity index (χ1v) is 7.87. The van der Waals surface area contributed by atoms with Crippen LogP contribution in [-0.4, -0.2) is 49.1 Å². The van der Waals surface area contributed by atoms with Crippen LogP contribution in [0.1, 0.15) is 40.0 Å². The van der Waals surface area contributed by atoms with E-state index in [0.717, 1.165) is 38.0 Å². The van der Waals surface area contributed by atoms with Gasteiger partial charge in [0.2, 0.25) is 5.91 Å². The zero-order valence-electron chi connectivity index (χ0n) is 12.6. The molecule has 0 radical (unpaired) electrons. The molecule has 1 heterocycles. The van der Waals surface area contributed by atoms with E-state index in [1.165, 1.54) is 19.3 Å². The number of hydrogen-bond donors (Lipinski definition) is 2. The monoisotopic (exact) mass is 267 g/mol. The van der Waals surface area contributed by atoms with Gasteiger partial charge in [0.25, 0.3) is 0 Å². The van der Waals surface area contributed by atoms with E-state index in [1.54, 1.807) is 0 Å². The maximum atomic E-state index is 12.2. The van der Waals surface area contributed by atoms with Crippen LogP contribution in [0.25, 0.3) is 0 Å². The Balaban J connectivity index is 2.01. The first-order valence-electron chi connectivity index (χ1n) is 7.87. The minimum atomic E-state index is 0.0271. The summed E-state index contributed by atoms with van der Waals surface area (Å²) >= 11 is 0. The Bertz CT molecular complexity index is 308. The summed E-state index contributed by atoms with van der Waals surface area (Å²) in [5.41, 5.74) is 0. The molecule has 1 aliphatic heterocycles. The van der Waals surface area contributed by atoms with Gasteiger partial charge in [0.05, 0.1) is 0 Å². The van der Waals surface area contributed by atoms with Gasteiger partial charge in [-0.25, -0.2) is 0 Å². The second-order valence-electron chi connectivity index (χ2n) is 6.27. The van der Waals surface area contributed by atoms with Crippen LogP contribution < -0.4 is 10.6 Å². The fourth-order valence-electron chi connectivity index (χ4n) is 3.51. The summed E-state index contributed by atoms with van der Waals surface area (Å²) in [5.74, 6) is 1.81. The fraction of sp³-hybridized carbons (Fsp3) is 0.933. The molecule has 4 heteroatoms. The summed E-state index contributed by atoms with van der Waals surface area (Å²) in [6.07, 6.45) is 3.80. The normalized spacial score (nSPS) is 37.0. The van der Waals surface area contributed by atoms with Gasteiger partial charge in [-0.2, -0.15) is 0 Å². The predicted octanol–water partition coefficient (Wildman–Crippen LogP) is 1.22. The number of likely N-dealkylation sites (N-methyl/N-ethyl adjacent to an activating group) is 1. The molecule has 2 N–H and O–H groups in total. The number of amides is 1. The second kappa shape index (κ2) is 6.71. The highest BCUT2D eigenvalue weighted by atomic mass is 16.2. The molecule has 4 atom stereocenters. The van der Waals surface area contributed by atoms with E-state index in [-0.39, 0.29) is 11.9 Å². The van der Waals surface area contributed by atoms with Crippen molar-refractivity contribution >= 4 is 5.91 Å². The molecule has 0 spiro atoms. The van der Waals surface area contributed by atoms with Crippen molar-refractivity contribution in [3.05, 3.63) is 0 Å². The third kappa shape index (κ3) is 3.48. The zero-order chi connectivity index (χ0) is 13.8. The van der Waals surface area contributed by atoms with E-state index in [4.69, 9.17) is 0 Å². The Kier molecular flexibility index (Phi) is 5.22. The fourth-order valence-corrected chi connectivity index (χ4v) is 3.51. The van der Waals surface area contributed by atoms with Crippen molar-refractivity contribution in [1.29, 1.82) is 0 Å². The van der Waals surface area contributed by atoms with Crippen molar-refractivity contribution in [2.45, 2.75) is 52.1 Å². The molecule has 2 fully saturated rings. The first-order chi connectivity index (χ1) is 9.13. The third-order valence-electron chi connectivity index (χ3n) is 4.98. The Labute approximate surface area is 117 Å². The Morgan fingerprint density at radius 2 is 2.11 bits per heavy atom. The Morgan fingerprint density at radius 3 is 2.79 bits per heavy atom. The van der Waals surface area contributed by atoms with Crippen molar-refractivity contribution in [3.63, 3.8) is 0 Å². The van der Waals surface area contributed by atoms with Crippen LogP contribution in [0.2, 0.25) is 0 Å². The largest absolute Gasteiger partial charge is 0.355 e. The van der Waals surface area contributed by atoms with Gasteiger partial charge in [0.15, 0.2) is 0 Å². The lowest BCUT2D eigenvalue weighted by molar-refractivity contribution is -0.128. The average Bonchev–Trinajstić information content (AvgIpc) is 2.42. The van der Waals surface area contributed by atoms with Crippen LogP contribution in [-0.2, 0) is 4.79 Å². The molecule has 4 nitrogen and oxygen atoms in total. The topological polar surface area (TPSA) is 44.4 Å². The van der Waals surface area contributed by atoms with E-state index in [9.17, 15) is 4.79 Å². The Hall–Kier alpha value is -0.610. The van der Waals surface area contributed by atoms with E-state index < -0.39 is 0 Å². The van der Waals surface area contributed by atoms with Gasteiger partial charge in [0, 0.05) is 32.2 Å². The molecule has 0 aromatic rings. The highest BCUT2D eigenvalue weighted by Gasteiger charge is 2.36. The summed E-state index contributed by atoms with van der Waals surface area (Å²) in [4.78, 5) is 14.7. The van der Waals surface area contributed by atoms with Crippen molar-refractivity contribution in [2.24, 2.45) is 11.8 Å². The summed E-state index contributed by atoms with van der Waals surface area (Å²) < 4.78 is 0. The molecule has 0 aromatic carbocycles. The number of piperazine rings is 1. The van der Waals surface area contributed by atoms with Gasteiger partial charge in [-0.1, -0.05) is 13.8 Å². The quantitative estimate of drug-likeness (QED) is 0.808. The lowest BCUT2D eigenvalue weighted by Gasteiger charge is -2.44. The van der Waals surface area contributed by atoms with E-state index in [2.05, 4.69) is 29.4 Å². The molecule has 1 amide bonds. The van der Waals surface area contributed by atoms with Gasteiger partial charge in [-0.15, -0.1) is 0 Å². The maximum Gasteiger partial charge on any atom is 0.238 e. The van der Waals surface area contributed by atoms with Crippen molar-refractivity contribution in [1.82, 2.24) is 15.5 Å². The summed E-state index contributed by atoms with van der Waals surface area (Å²) in [7, 11) is 0. The molecule has 4 unspecified atom stereocenters. The number of hydrogen-bond acceptors (Lipinski definition) is 3. The number of nitrogens with zero attached hydrogens (tertiary/aromatic N) is 1. The van der Waals surface area contributed by atoms with Crippen LogP contribution in [0.4, 0.5) is 0 Å². The van der Waals surface area contributed by atoms with Crippen LogP contribution in [0.5, 0.6) is 0 Å². The van der Waals surface area contributed by atoms with Gasteiger partial charge >= 0.3 is 0 Å². The lowest BCUT2D eigenvalue weighted by Crippen LogP contribution is -2.61. The lowest BCUT2D eigenvalue weighted by atomic mass is 9.78. The minimum absolute atomic E-state index is 0.0271. The molecule has 2 aliphatic rings. The van der Waals surface area contributed by atoms with Gasteiger partial charge in [-0.3, -0.25) is 9.69 Å². The molecule has 0 bridgehead atoms. The molecule has 110 valence electrons. The second-order valence-corrected chi connectivity index (χ2v) is 6.27. The van der Waals surface area contributed by atoms with E-state index >= 15 is 0 Å². The highest BCUT2D eigenvalue weighted by molar-refractivity contribution is 5.82. The van der Waals surface area contributed by atoms with Crippen LogP contribution >= 0.6 is 0 Å². The molecular weight excluding hydrogens is 238 g/mol. The van der Waals surface area contributed by atoms with Crippen molar-refractivity contribution < 1.29 is 4.79 Å². The third-order valence-corrected chi connectivity index (χ3v) is 4.98. The number of carbonyl (C=O) groups is 1. The number of rotatable bonds is 3. The van der Waals surface area contributed by atoms with Gasteiger partial charge in [-0.05, 0) is 38.0 Å². The molecule has 19 heavy (non-hydrogen) atoms. The smallest absolute Gasteiger partial charge is 0.238 e. The van der Waals surface area contributed by atoms with Gasteiger partial charge in [0.1, 0.15) is 6.04 Å².